The second kappa shape index (κ2) is 15.9. The average Bonchev–Trinajstić information content (AvgIpc) is 2.43. The summed E-state index contributed by atoms with van der Waals surface area (Å²) in [5.74, 6) is 0. The predicted molar refractivity (Wildman–Crippen MR) is 74.5 cm³/mol. The van der Waals surface area contributed by atoms with Gasteiger partial charge in [-0.3, -0.25) is 0 Å². The summed E-state index contributed by atoms with van der Waals surface area (Å²) in [7, 11) is 0. The number of rotatable bonds is 15. The first kappa shape index (κ1) is 18.8. The molecule has 0 radical (unpaired) electrons. The number of hydrogen-bond donors (Lipinski definition) is 1. The standard InChI is InChI=1S/C14H30O5/c1-3-5-14(4-2)19-13-12-18-11-10-17-9-8-16-7-6-15/h14-15H,3-13H2,1-2H3. The highest BCUT2D eigenvalue weighted by Crippen LogP contribution is 2.05. The smallest absolute Gasteiger partial charge is 0.0704 e. The van der Waals surface area contributed by atoms with Crippen LogP contribution in [-0.4, -0.2) is 64.1 Å². The molecule has 0 saturated heterocycles. The zero-order chi connectivity index (χ0) is 14.2. The fourth-order valence-electron chi connectivity index (χ4n) is 1.61. The molecule has 0 saturated carbocycles. The first-order chi connectivity index (χ1) is 9.35. The molecule has 1 atom stereocenters. The van der Waals surface area contributed by atoms with Crippen molar-refractivity contribution in [1.82, 2.24) is 0 Å². The highest BCUT2D eigenvalue weighted by atomic mass is 16.6. The van der Waals surface area contributed by atoms with Gasteiger partial charge in [-0.1, -0.05) is 20.3 Å². The van der Waals surface area contributed by atoms with Gasteiger partial charge in [0.1, 0.15) is 0 Å². The van der Waals surface area contributed by atoms with Crippen molar-refractivity contribution in [1.29, 1.82) is 0 Å². The van der Waals surface area contributed by atoms with E-state index in [-0.39, 0.29) is 6.61 Å². The van der Waals surface area contributed by atoms with Crippen molar-refractivity contribution < 1.29 is 24.1 Å². The van der Waals surface area contributed by atoms with Gasteiger partial charge in [-0.2, -0.15) is 0 Å². The van der Waals surface area contributed by atoms with Crippen LogP contribution in [0.15, 0.2) is 0 Å². The van der Waals surface area contributed by atoms with Crippen LogP contribution in [0.4, 0.5) is 0 Å². The maximum atomic E-state index is 8.48. The molecule has 19 heavy (non-hydrogen) atoms. The molecule has 1 N–H and O–H groups in total. The van der Waals surface area contributed by atoms with Crippen LogP contribution in [-0.2, 0) is 18.9 Å². The van der Waals surface area contributed by atoms with E-state index in [4.69, 9.17) is 24.1 Å². The molecule has 0 aliphatic rings. The molecular formula is C14H30O5. The van der Waals surface area contributed by atoms with Crippen LogP contribution in [0.2, 0.25) is 0 Å². The third kappa shape index (κ3) is 14.0. The molecule has 116 valence electrons. The fourth-order valence-corrected chi connectivity index (χ4v) is 1.61. The minimum atomic E-state index is 0.0555. The Labute approximate surface area is 117 Å². The van der Waals surface area contributed by atoms with Gasteiger partial charge in [0.15, 0.2) is 0 Å². The summed E-state index contributed by atoms with van der Waals surface area (Å²) in [5, 5.41) is 8.48. The quantitative estimate of drug-likeness (QED) is 0.461. The van der Waals surface area contributed by atoms with Gasteiger partial charge in [0.05, 0.1) is 59.0 Å². The van der Waals surface area contributed by atoms with E-state index in [1.165, 1.54) is 0 Å². The lowest BCUT2D eigenvalue weighted by molar-refractivity contribution is -0.0227. The Morgan fingerprint density at radius 1 is 0.789 bits per heavy atom. The Morgan fingerprint density at radius 2 is 1.32 bits per heavy atom. The Balaban J connectivity index is 3.09. The predicted octanol–water partition coefficient (Wildman–Crippen LogP) is 1.62. The van der Waals surface area contributed by atoms with Gasteiger partial charge in [0.25, 0.3) is 0 Å². The van der Waals surface area contributed by atoms with E-state index in [0.717, 1.165) is 19.3 Å². The molecule has 0 heterocycles. The van der Waals surface area contributed by atoms with Crippen molar-refractivity contribution in [2.75, 3.05) is 52.9 Å². The largest absolute Gasteiger partial charge is 0.394 e. The van der Waals surface area contributed by atoms with Crippen LogP contribution < -0.4 is 0 Å². The second-order valence-electron chi connectivity index (χ2n) is 4.25. The summed E-state index contributed by atoms with van der Waals surface area (Å²) in [5.41, 5.74) is 0. The molecule has 0 bridgehead atoms. The highest BCUT2D eigenvalue weighted by molar-refractivity contribution is 4.53. The summed E-state index contributed by atoms with van der Waals surface area (Å²) in [6.45, 7) is 8.20. The molecule has 0 aromatic heterocycles. The molecular weight excluding hydrogens is 248 g/mol. The van der Waals surface area contributed by atoms with E-state index in [0.29, 0.717) is 52.4 Å². The van der Waals surface area contributed by atoms with Gasteiger partial charge in [-0.25, -0.2) is 0 Å². The van der Waals surface area contributed by atoms with E-state index >= 15 is 0 Å². The number of hydrogen-bond acceptors (Lipinski definition) is 5. The van der Waals surface area contributed by atoms with Crippen LogP contribution in [0.25, 0.3) is 0 Å². The zero-order valence-corrected chi connectivity index (χ0v) is 12.4. The minimum Gasteiger partial charge on any atom is -0.394 e. The summed E-state index contributed by atoms with van der Waals surface area (Å²) in [6, 6.07) is 0. The Kier molecular flexibility index (Phi) is 15.7. The monoisotopic (exact) mass is 278 g/mol. The van der Waals surface area contributed by atoms with Crippen molar-refractivity contribution in [2.45, 2.75) is 39.2 Å². The van der Waals surface area contributed by atoms with Gasteiger partial charge in [0.2, 0.25) is 0 Å². The molecule has 0 aliphatic heterocycles. The summed E-state index contributed by atoms with van der Waals surface area (Å²) in [4.78, 5) is 0. The molecule has 0 spiro atoms. The molecule has 1 unspecified atom stereocenters. The van der Waals surface area contributed by atoms with Crippen LogP contribution in [0.5, 0.6) is 0 Å². The van der Waals surface area contributed by atoms with Crippen molar-refractivity contribution >= 4 is 0 Å². The molecule has 0 amide bonds. The lowest BCUT2D eigenvalue weighted by Crippen LogP contribution is -2.16. The number of ether oxygens (including phenoxy) is 4. The summed E-state index contributed by atoms with van der Waals surface area (Å²) < 4.78 is 21.4. The van der Waals surface area contributed by atoms with Crippen molar-refractivity contribution in [3.05, 3.63) is 0 Å². The Morgan fingerprint density at radius 3 is 1.79 bits per heavy atom. The lowest BCUT2D eigenvalue weighted by Gasteiger charge is -2.15. The van der Waals surface area contributed by atoms with E-state index < -0.39 is 0 Å². The van der Waals surface area contributed by atoms with Crippen LogP contribution >= 0.6 is 0 Å². The molecule has 5 nitrogen and oxygen atoms in total. The molecule has 0 rings (SSSR count). The Bertz CT molecular complexity index is 166. The molecule has 0 aliphatic carbocycles. The van der Waals surface area contributed by atoms with Gasteiger partial charge in [0, 0.05) is 0 Å². The summed E-state index contributed by atoms with van der Waals surface area (Å²) in [6.07, 6.45) is 3.71. The van der Waals surface area contributed by atoms with Crippen LogP contribution in [0.3, 0.4) is 0 Å². The SMILES string of the molecule is CCCC(CC)OCCOCCOCCOCCO. The van der Waals surface area contributed by atoms with Gasteiger partial charge >= 0.3 is 0 Å². The van der Waals surface area contributed by atoms with Crippen LogP contribution in [0, 0.1) is 0 Å². The maximum Gasteiger partial charge on any atom is 0.0704 e. The topological polar surface area (TPSA) is 57.2 Å². The second-order valence-corrected chi connectivity index (χ2v) is 4.25. The molecule has 0 aromatic rings. The number of aliphatic hydroxyl groups is 1. The van der Waals surface area contributed by atoms with Crippen molar-refractivity contribution in [3.63, 3.8) is 0 Å². The third-order valence-electron chi connectivity index (χ3n) is 2.63. The van der Waals surface area contributed by atoms with Gasteiger partial charge < -0.3 is 24.1 Å². The molecule has 5 heteroatoms. The minimum absolute atomic E-state index is 0.0555. The zero-order valence-electron chi connectivity index (χ0n) is 12.4. The van der Waals surface area contributed by atoms with E-state index in [2.05, 4.69) is 13.8 Å². The lowest BCUT2D eigenvalue weighted by atomic mass is 10.2. The Hall–Kier alpha value is -0.200. The first-order valence-corrected chi connectivity index (χ1v) is 7.30. The molecule has 0 fully saturated rings. The third-order valence-corrected chi connectivity index (χ3v) is 2.63. The van der Waals surface area contributed by atoms with E-state index in [1.54, 1.807) is 0 Å². The number of aliphatic hydroxyl groups excluding tert-OH is 1. The van der Waals surface area contributed by atoms with E-state index in [9.17, 15) is 0 Å². The normalized spacial score (nSPS) is 12.8. The average molecular weight is 278 g/mol. The van der Waals surface area contributed by atoms with Crippen molar-refractivity contribution in [2.24, 2.45) is 0 Å². The first-order valence-electron chi connectivity index (χ1n) is 7.30. The maximum absolute atomic E-state index is 8.48. The van der Waals surface area contributed by atoms with Gasteiger partial charge in [-0.15, -0.1) is 0 Å². The van der Waals surface area contributed by atoms with Crippen molar-refractivity contribution in [3.8, 4) is 0 Å². The fraction of sp³-hybridized carbons (Fsp3) is 1.00. The summed E-state index contributed by atoms with van der Waals surface area (Å²) >= 11 is 0. The molecule has 0 aromatic carbocycles. The van der Waals surface area contributed by atoms with Gasteiger partial charge in [-0.05, 0) is 12.8 Å². The highest BCUT2D eigenvalue weighted by Gasteiger charge is 2.04. The van der Waals surface area contributed by atoms with E-state index in [1.807, 2.05) is 0 Å². The van der Waals surface area contributed by atoms with Crippen LogP contribution in [0.1, 0.15) is 33.1 Å².